The lowest BCUT2D eigenvalue weighted by molar-refractivity contribution is -0.384. The van der Waals surface area contributed by atoms with Crippen LogP contribution in [0, 0.1) is 10.1 Å². The number of nitrogens with zero attached hydrogens (tertiary/aromatic N) is 2. The maximum atomic E-state index is 10.6. The van der Waals surface area contributed by atoms with Gasteiger partial charge in [0, 0.05) is 37.8 Å². The summed E-state index contributed by atoms with van der Waals surface area (Å²) < 4.78 is 0. The van der Waals surface area contributed by atoms with Crippen LogP contribution < -0.4 is 10.2 Å². The lowest BCUT2D eigenvalue weighted by atomic mass is 10.1. The van der Waals surface area contributed by atoms with Gasteiger partial charge in [0.25, 0.3) is 5.69 Å². The fraction of sp³-hybridized carbons (Fsp3) is 0.455. The van der Waals surface area contributed by atoms with Gasteiger partial charge in [-0.25, -0.2) is 0 Å². The number of benzene rings is 1. The van der Waals surface area contributed by atoms with Crippen LogP contribution in [-0.2, 0) is 0 Å². The molecule has 0 bridgehead atoms. The Labute approximate surface area is 105 Å². The van der Waals surface area contributed by atoms with Gasteiger partial charge in [0.05, 0.1) is 15.6 Å². The average molecular weight is 256 g/mol. The molecule has 0 saturated carbocycles. The van der Waals surface area contributed by atoms with E-state index in [0.717, 1.165) is 25.3 Å². The second-order valence-electron chi connectivity index (χ2n) is 4.14. The first kappa shape index (κ1) is 12.1. The zero-order valence-corrected chi connectivity index (χ0v) is 10.3. The van der Waals surface area contributed by atoms with Crippen molar-refractivity contribution in [1.82, 2.24) is 5.32 Å². The van der Waals surface area contributed by atoms with E-state index in [1.165, 1.54) is 12.1 Å². The zero-order chi connectivity index (χ0) is 12.4. The summed E-state index contributed by atoms with van der Waals surface area (Å²) in [5.74, 6) is 0. The lowest BCUT2D eigenvalue weighted by Crippen LogP contribution is -2.50. The largest absolute Gasteiger partial charge is 0.365 e. The number of nitrogens with one attached hydrogen (secondary N) is 1. The molecule has 2 rings (SSSR count). The quantitative estimate of drug-likeness (QED) is 0.649. The predicted octanol–water partition coefficient (Wildman–Crippen LogP) is 2.05. The normalized spacial score (nSPS) is 20.4. The van der Waals surface area contributed by atoms with Crippen molar-refractivity contribution in [2.75, 3.05) is 24.5 Å². The molecule has 17 heavy (non-hydrogen) atoms. The monoisotopic (exact) mass is 255 g/mol. The highest BCUT2D eigenvalue weighted by molar-refractivity contribution is 6.33. The third-order valence-corrected chi connectivity index (χ3v) is 3.26. The Bertz CT molecular complexity index is 439. The van der Waals surface area contributed by atoms with E-state index in [0.29, 0.717) is 11.1 Å². The molecule has 0 aromatic heterocycles. The maximum Gasteiger partial charge on any atom is 0.271 e. The molecule has 5 nitrogen and oxygen atoms in total. The molecule has 1 fully saturated rings. The number of anilines is 1. The van der Waals surface area contributed by atoms with Crippen LogP contribution in [0.25, 0.3) is 0 Å². The van der Waals surface area contributed by atoms with Crippen LogP contribution in [-0.4, -0.2) is 30.6 Å². The van der Waals surface area contributed by atoms with Gasteiger partial charge in [-0.2, -0.15) is 0 Å². The fourth-order valence-electron chi connectivity index (χ4n) is 2.04. The van der Waals surface area contributed by atoms with E-state index in [-0.39, 0.29) is 5.69 Å². The van der Waals surface area contributed by atoms with Crippen molar-refractivity contribution in [1.29, 1.82) is 0 Å². The third-order valence-electron chi connectivity index (χ3n) is 2.95. The second-order valence-corrected chi connectivity index (χ2v) is 4.55. The molecule has 6 heteroatoms. The number of non-ortho nitro benzene ring substituents is 1. The van der Waals surface area contributed by atoms with E-state index in [1.807, 2.05) is 0 Å². The van der Waals surface area contributed by atoms with E-state index in [2.05, 4.69) is 17.1 Å². The van der Waals surface area contributed by atoms with Crippen LogP contribution >= 0.6 is 11.6 Å². The standard InChI is InChI=1S/C11H14ClN3O2/c1-8-7-13-4-5-14(8)11-3-2-9(15(16)17)6-10(11)12/h2-3,6,8,13H,4-5,7H2,1H3/t8-/m0/s1. The van der Waals surface area contributed by atoms with E-state index in [1.54, 1.807) is 6.07 Å². The molecule has 1 aromatic rings. The fourth-order valence-corrected chi connectivity index (χ4v) is 2.32. The van der Waals surface area contributed by atoms with Crippen molar-refractivity contribution >= 4 is 23.0 Å². The molecule has 1 saturated heterocycles. The molecule has 1 aromatic carbocycles. The highest BCUT2D eigenvalue weighted by atomic mass is 35.5. The first-order valence-electron chi connectivity index (χ1n) is 5.51. The van der Waals surface area contributed by atoms with Gasteiger partial charge in [-0.1, -0.05) is 11.6 Å². The summed E-state index contributed by atoms with van der Waals surface area (Å²) in [6.45, 7) is 4.76. The van der Waals surface area contributed by atoms with Crippen molar-refractivity contribution in [3.05, 3.63) is 33.3 Å². The summed E-state index contributed by atoms with van der Waals surface area (Å²) >= 11 is 6.11. The summed E-state index contributed by atoms with van der Waals surface area (Å²) in [7, 11) is 0. The Hall–Kier alpha value is -1.33. The summed E-state index contributed by atoms with van der Waals surface area (Å²) in [5.41, 5.74) is 0.896. The number of piperazine rings is 1. The maximum absolute atomic E-state index is 10.6. The van der Waals surface area contributed by atoms with Crippen LogP contribution in [0.3, 0.4) is 0 Å². The predicted molar refractivity (Wildman–Crippen MR) is 67.8 cm³/mol. The molecule has 1 atom stereocenters. The SMILES string of the molecule is C[C@H]1CNCCN1c1ccc([N+](=O)[O-])cc1Cl. The van der Waals surface area contributed by atoms with Crippen molar-refractivity contribution in [2.45, 2.75) is 13.0 Å². The topological polar surface area (TPSA) is 58.4 Å². The number of nitro groups is 1. The van der Waals surface area contributed by atoms with Crippen LogP contribution in [0.2, 0.25) is 5.02 Å². The first-order chi connectivity index (χ1) is 8.09. The van der Waals surface area contributed by atoms with Gasteiger partial charge in [-0.3, -0.25) is 10.1 Å². The number of hydrogen-bond acceptors (Lipinski definition) is 4. The Morgan fingerprint density at radius 3 is 2.94 bits per heavy atom. The van der Waals surface area contributed by atoms with Crippen molar-refractivity contribution < 1.29 is 4.92 Å². The van der Waals surface area contributed by atoms with Crippen molar-refractivity contribution in [2.24, 2.45) is 0 Å². The van der Waals surface area contributed by atoms with E-state index in [4.69, 9.17) is 11.6 Å². The van der Waals surface area contributed by atoms with Crippen LogP contribution in [0.5, 0.6) is 0 Å². The van der Waals surface area contributed by atoms with Gasteiger partial charge in [-0.05, 0) is 13.0 Å². The Morgan fingerprint density at radius 1 is 1.59 bits per heavy atom. The summed E-state index contributed by atoms with van der Waals surface area (Å²) in [5, 5.41) is 14.4. The van der Waals surface area contributed by atoms with Crippen LogP contribution in [0.4, 0.5) is 11.4 Å². The van der Waals surface area contributed by atoms with Gasteiger partial charge >= 0.3 is 0 Å². The number of halogens is 1. The van der Waals surface area contributed by atoms with Gasteiger partial charge in [0.1, 0.15) is 0 Å². The molecule has 0 aliphatic carbocycles. The van der Waals surface area contributed by atoms with Gasteiger partial charge in [0.15, 0.2) is 0 Å². The number of hydrogen-bond donors (Lipinski definition) is 1. The minimum atomic E-state index is -0.434. The molecule has 0 radical (unpaired) electrons. The summed E-state index contributed by atoms with van der Waals surface area (Å²) in [6, 6.07) is 4.96. The van der Waals surface area contributed by atoms with E-state index in [9.17, 15) is 10.1 Å². The molecule has 0 amide bonds. The molecule has 1 heterocycles. The average Bonchev–Trinajstić information content (AvgIpc) is 2.30. The molecule has 0 spiro atoms. The van der Waals surface area contributed by atoms with Gasteiger partial charge in [-0.15, -0.1) is 0 Å². The molecule has 92 valence electrons. The number of rotatable bonds is 2. The van der Waals surface area contributed by atoms with Crippen LogP contribution in [0.1, 0.15) is 6.92 Å². The summed E-state index contributed by atoms with van der Waals surface area (Å²) in [4.78, 5) is 12.4. The highest BCUT2D eigenvalue weighted by Crippen LogP contribution is 2.31. The van der Waals surface area contributed by atoms with E-state index < -0.39 is 4.92 Å². The van der Waals surface area contributed by atoms with Crippen LogP contribution in [0.15, 0.2) is 18.2 Å². The lowest BCUT2D eigenvalue weighted by Gasteiger charge is -2.36. The molecule has 1 aliphatic rings. The Kier molecular flexibility index (Phi) is 3.49. The highest BCUT2D eigenvalue weighted by Gasteiger charge is 2.21. The minimum absolute atomic E-state index is 0.0292. The first-order valence-corrected chi connectivity index (χ1v) is 5.88. The third kappa shape index (κ3) is 2.50. The van der Waals surface area contributed by atoms with Gasteiger partial charge in [0.2, 0.25) is 0 Å². The molecule has 1 N–H and O–H groups in total. The van der Waals surface area contributed by atoms with E-state index >= 15 is 0 Å². The Morgan fingerprint density at radius 2 is 2.35 bits per heavy atom. The number of nitro benzene ring substituents is 1. The molecule has 1 aliphatic heterocycles. The smallest absolute Gasteiger partial charge is 0.271 e. The molecule has 0 unspecified atom stereocenters. The van der Waals surface area contributed by atoms with Crippen molar-refractivity contribution in [3.63, 3.8) is 0 Å². The van der Waals surface area contributed by atoms with Gasteiger partial charge < -0.3 is 10.2 Å². The second kappa shape index (κ2) is 4.89. The minimum Gasteiger partial charge on any atom is -0.365 e. The van der Waals surface area contributed by atoms with Crippen molar-refractivity contribution in [3.8, 4) is 0 Å². The summed E-state index contributed by atoms with van der Waals surface area (Å²) in [6.07, 6.45) is 0. The molecular formula is C11H14ClN3O2. The zero-order valence-electron chi connectivity index (χ0n) is 9.52. The Balaban J connectivity index is 2.29. The molecular weight excluding hydrogens is 242 g/mol.